The summed E-state index contributed by atoms with van der Waals surface area (Å²) >= 11 is 9.00. The van der Waals surface area contributed by atoms with E-state index in [0.29, 0.717) is 5.56 Å². The number of nitro benzene ring substituents is 1. The number of halogens is 2. The Balaban J connectivity index is 1.64. The number of sulfonamides is 1. The third-order valence-electron chi connectivity index (χ3n) is 4.07. The van der Waals surface area contributed by atoms with Crippen LogP contribution in [0.1, 0.15) is 15.9 Å². The molecule has 3 aromatic rings. The maximum absolute atomic E-state index is 12.4. The molecule has 0 aliphatic heterocycles. The van der Waals surface area contributed by atoms with E-state index in [1.54, 1.807) is 12.1 Å². The Morgan fingerprint density at radius 2 is 1.72 bits per heavy atom. The summed E-state index contributed by atoms with van der Waals surface area (Å²) in [5, 5.41) is 14.7. The van der Waals surface area contributed by atoms with Crippen molar-refractivity contribution in [3.05, 3.63) is 97.5 Å². The van der Waals surface area contributed by atoms with Crippen LogP contribution >= 0.6 is 27.5 Å². The largest absolute Gasteiger partial charge is 0.288 e. The van der Waals surface area contributed by atoms with Crippen LogP contribution in [0.25, 0.3) is 0 Å². The normalized spacial score (nSPS) is 11.3. The topological polar surface area (TPSA) is 131 Å². The monoisotopic (exact) mass is 536 g/mol. The van der Waals surface area contributed by atoms with Crippen molar-refractivity contribution < 1.29 is 18.1 Å². The molecule has 0 radical (unpaired) electrons. The molecule has 0 heterocycles. The molecule has 0 aliphatic rings. The SMILES string of the molecule is O=C(NN=Cc1ccc(Cl)c([N+](=O)[O-])c1)c1ccc(NS(=O)(=O)c2ccc(Br)cc2)cc1. The van der Waals surface area contributed by atoms with Gasteiger partial charge in [0.15, 0.2) is 0 Å². The highest BCUT2D eigenvalue weighted by Crippen LogP contribution is 2.24. The molecule has 0 aliphatic carbocycles. The van der Waals surface area contributed by atoms with Gasteiger partial charge >= 0.3 is 0 Å². The zero-order valence-electron chi connectivity index (χ0n) is 16.0. The van der Waals surface area contributed by atoms with E-state index in [9.17, 15) is 23.3 Å². The molecular weight excluding hydrogens is 524 g/mol. The number of rotatable bonds is 7. The highest BCUT2D eigenvalue weighted by Gasteiger charge is 2.15. The van der Waals surface area contributed by atoms with Crippen LogP contribution in [0.2, 0.25) is 5.02 Å². The lowest BCUT2D eigenvalue weighted by Gasteiger charge is -2.09. The molecule has 12 heteroatoms. The van der Waals surface area contributed by atoms with E-state index in [1.165, 1.54) is 60.8 Å². The van der Waals surface area contributed by atoms with Gasteiger partial charge in [0.25, 0.3) is 21.6 Å². The third-order valence-corrected chi connectivity index (χ3v) is 6.32. The van der Waals surface area contributed by atoms with E-state index in [0.717, 1.165) is 4.47 Å². The van der Waals surface area contributed by atoms with Crippen molar-refractivity contribution in [2.45, 2.75) is 4.90 Å². The first-order valence-corrected chi connectivity index (χ1v) is 11.5. The number of nitrogens with zero attached hydrogens (tertiary/aromatic N) is 2. The predicted octanol–water partition coefficient (Wildman–Crippen LogP) is 4.58. The number of hydrogen-bond donors (Lipinski definition) is 2. The van der Waals surface area contributed by atoms with Crippen LogP contribution < -0.4 is 10.1 Å². The maximum Gasteiger partial charge on any atom is 0.288 e. The highest BCUT2D eigenvalue weighted by atomic mass is 79.9. The number of carbonyl (C=O) groups is 1. The van der Waals surface area contributed by atoms with Gasteiger partial charge in [-0.3, -0.25) is 19.6 Å². The second-order valence-corrected chi connectivity index (χ2v) is 9.31. The Hall–Kier alpha value is -3.28. The van der Waals surface area contributed by atoms with Gasteiger partial charge in [0.05, 0.1) is 16.0 Å². The molecule has 164 valence electrons. The van der Waals surface area contributed by atoms with Gasteiger partial charge in [0.1, 0.15) is 5.02 Å². The van der Waals surface area contributed by atoms with Gasteiger partial charge in [-0.1, -0.05) is 33.6 Å². The fourth-order valence-corrected chi connectivity index (χ4v) is 4.01. The van der Waals surface area contributed by atoms with Gasteiger partial charge < -0.3 is 0 Å². The summed E-state index contributed by atoms with van der Waals surface area (Å²) in [7, 11) is -3.77. The summed E-state index contributed by atoms with van der Waals surface area (Å²) in [6.07, 6.45) is 1.24. The molecule has 0 bridgehead atoms. The van der Waals surface area contributed by atoms with Gasteiger partial charge in [0, 0.05) is 27.4 Å². The van der Waals surface area contributed by atoms with Gasteiger partial charge in [-0.05, 0) is 54.6 Å². The number of carbonyl (C=O) groups excluding carboxylic acids is 1. The van der Waals surface area contributed by atoms with Crippen molar-refractivity contribution in [1.29, 1.82) is 0 Å². The minimum Gasteiger partial charge on any atom is -0.280 e. The van der Waals surface area contributed by atoms with Crippen molar-refractivity contribution in [2.75, 3.05) is 4.72 Å². The lowest BCUT2D eigenvalue weighted by Crippen LogP contribution is -2.18. The fourth-order valence-electron chi connectivity index (χ4n) is 2.50. The van der Waals surface area contributed by atoms with Gasteiger partial charge in [0.2, 0.25) is 0 Å². The van der Waals surface area contributed by atoms with Crippen molar-refractivity contribution in [3.8, 4) is 0 Å². The maximum atomic E-state index is 12.4. The summed E-state index contributed by atoms with van der Waals surface area (Å²) < 4.78 is 28.0. The lowest BCUT2D eigenvalue weighted by molar-refractivity contribution is -0.384. The van der Waals surface area contributed by atoms with Gasteiger partial charge in [-0.25, -0.2) is 13.8 Å². The standard InChI is InChI=1S/C20H14BrClN4O5S/c21-15-4-8-17(9-5-15)32(30,31)25-16-6-2-14(3-7-16)20(27)24-23-12-13-1-10-18(22)19(11-13)26(28)29/h1-12,25H,(H,24,27). The Morgan fingerprint density at radius 3 is 2.34 bits per heavy atom. The van der Waals surface area contributed by atoms with E-state index in [1.807, 2.05) is 0 Å². The average Bonchev–Trinajstić information content (AvgIpc) is 2.75. The fraction of sp³-hybridized carbons (Fsp3) is 0. The number of hydrogen-bond acceptors (Lipinski definition) is 6. The molecule has 0 saturated heterocycles. The predicted molar refractivity (Wildman–Crippen MR) is 125 cm³/mol. The van der Waals surface area contributed by atoms with E-state index in [4.69, 9.17) is 11.6 Å². The van der Waals surface area contributed by atoms with Crippen LogP contribution in [0.5, 0.6) is 0 Å². The summed E-state index contributed by atoms with van der Waals surface area (Å²) in [5.74, 6) is -0.549. The molecule has 0 fully saturated rings. The van der Waals surface area contributed by atoms with E-state index in [-0.39, 0.29) is 26.9 Å². The number of benzene rings is 3. The molecule has 0 atom stereocenters. The second kappa shape index (κ2) is 9.90. The average molecular weight is 538 g/mol. The Morgan fingerprint density at radius 1 is 1.06 bits per heavy atom. The van der Waals surface area contributed by atoms with Crippen LogP contribution in [-0.2, 0) is 10.0 Å². The summed E-state index contributed by atoms with van der Waals surface area (Å²) in [6.45, 7) is 0. The molecule has 3 aromatic carbocycles. The van der Waals surface area contributed by atoms with Crippen LogP contribution in [0.3, 0.4) is 0 Å². The number of nitro groups is 1. The molecule has 0 spiro atoms. The molecule has 1 amide bonds. The zero-order valence-corrected chi connectivity index (χ0v) is 19.2. The lowest BCUT2D eigenvalue weighted by atomic mass is 10.2. The first-order valence-electron chi connectivity index (χ1n) is 8.81. The van der Waals surface area contributed by atoms with Crippen LogP contribution in [-0.4, -0.2) is 25.5 Å². The van der Waals surface area contributed by atoms with Crippen molar-refractivity contribution in [1.82, 2.24) is 5.43 Å². The van der Waals surface area contributed by atoms with E-state index >= 15 is 0 Å². The molecule has 0 aromatic heterocycles. The molecule has 0 saturated carbocycles. The quantitative estimate of drug-likeness (QED) is 0.259. The first-order chi connectivity index (χ1) is 15.2. The zero-order chi connectivity index (χ0) is 23.3. The molecule has 32 heavy (non-hydrogen) atoms. The molecule has 0 unspecified atom stereocenters. The van der Waals surface area contributed by atoms with E-state index < -0.39 is 20.9 Å². The minimum atomic E-state index is -3.77. The Kier molecular flexibility index (Phi) is 7.23. The Bertz CT molecular complexity index is 1300. The van der Waals surface area contributed by atoms with Gasteiger partial charge in [-0.15, -0.1) is 0 Å². The highest BCUT2D eigenvalue weighted by molar-refractivity contribution is 9.10. The van der Waals surface area contributed by atoms with Crippen molar-refractivity contribution in [2.24, 2.45) is 5.10 Å². The van der Waals surface area contributed by atoms with E-state index in [2.05, 4.69) is 31.2 Å². The summed E-state index contributed by atoms with van der Waals surface area (Å²) in [6, 6.07) is 16.0. The van der Waals surface area contributed by atoms with Crippen molar-refractivity contribution >= 4 is 61.1 Å². The molecule has 9 nitrogen and oxygen atoms in total. The minimum absolute atomic E-state index is 0.00738. The number of nitrogens with one attached hydrogen (secondary N) is 2. The van der Waals surface area contributed by atoms with Gasteiger partial charge in [-0.2, -0.15) is 5.10 Å². The molecule has 3 rings (SSSR count). The second-order valence-electron chi connectivity index (χ2n) is 6.30. The Labute approximate surface area is 196 Å². The molecule has 2 N–H and O–H groups in total. The van der Waals surface area contributed by atoms with Crippen LogP contribution in [0, 0.1) is 10.1 Å². The number of anilines is 1. The number of amides is 1. The van der Waals surface area contributed by atoms with Crippen LogP contribution in [0.15, 0.2) is 81.2 Å². The number of hydrazone groups is 1. The smallest absolute Gasteiger partial charge is 0.280 e. The van der Waals surface area contributed by atoms with Crippen LogP contribution in [0.4, 0.5) is 11.4 Å². The third kappa shape index (κ3) is 5.90. The molecular formula is C20H14BrClN4O5S. The first kappa shape index (κ1) is 23.4. The summed E-state index contributed by atoms with van der Waals surface area (Å²) in [4.78, 5) is 22.6. The summed E-state index contributed by atoms with van der Waals surface area (Å²) in [5.41, 5.74) is 2.90. The van der Waals surface area contributed by atoms with Crippen molar-refractivity contribution in [3.63, 3.8) is 0 Å².